The molecule has 0 aliphatic carbocycles. The van der Waals surface area contributed by atoms with Crippen molar-refractivity contribution in [1.29, 1.82) is 0 Å². The monoisotopic (exact) mass is 277 g/mol. The first-order valence-electron chi connectivity index (χ1n) is 6.37. The van der Waals surface area contributed by atoms with Gasteiger partial charge in [0.15, 0.2) is 11.6 Å². The van der Waals surface area contributed by atoms with Crippen molar-refractivity contribution in [1.82, 2.24) is 0 Å². The summed E-state index contributed by atoms with van der Waals surface area (Å²) in [7, 11) is 1.43. The number of halogens is 2. The zero-order valence-electron chi connectivity index (χ0n) is 11.7. The Bertz CT molecular complexity index is 613. The van der Waals surface area contributed by atoms with Gasteiger partial charge in [-0.2, -0.15) is 0 Å². The Kier molecular flexibility index (Phi) is 4.23. The van der Waals surface area contributed by atoms with E-state index in [0.29, 0.717) is 5.69 Å². The molecule has 2 aromatic rings. The number of hydrogen-bond acceptors (Lipinski definition) is 2. The van der Waals surface area contributed by atoms with E-state index in [1.165, 1.54) is 25.3 Å². The minimum absolute atomic E-state index is 0.143. The first kappa shape index (κ1) is 14.3. The van der Waals surface area contributed by atoms with Gasteiger partial charge in [0.1, 0.15) is 5.82 Å². The Morgan fingerprint density at radius 1 is 1.10 bits per heavy atom. The lowest BCUT2D eigenvalue weighted by Gasteiger charge is -2.18. The van der Waals surface area contributed by atoms with Crippen LogP contribution >= 0.6 is 0 Å². The van der Waals surface area contributed by atoms with E-state index in [4.69, 9.17) is 4.74 Å². The molecule has 4 heteroatoms. The van der Waals surface area contributed by atoms with Gasteiger partial charge in [0.2, 0.25) is 0 Å². The minimum Gasteiger partial charge on any atom is -0.494 e. The molecular weight excluding hydrogens is 260 g/mol. The van der Waals surface area contributed by atoms with Gasteiger partial charge < -0.3 is 10.1 Å². The second kappa shape index (κ2) is 5.90. The van der Waals surface area contributed by atoms with E-state index in [0.717, 1.165) is 11.1 Å². The van der Waals surface area contributed by atoms with Gasteiger partial charge in [0.25, 0.3) is 0 Å². The maximum absolute atomic E-state index is 13.7. The SMILES string of the molecule is COc1ccc(C(C)Nc2cc(F)ccc2C)cc1F. The molecule has 0 saturated heterocycles. The topological polar surface area (TPSA) is 21.3 Å². The maximum Gasteiger partial charge on any atom is 0.165 e. The molecule has 0 aliphatic rings. The molecule has 0 aliphatic heterocycles. The fraction of sp³-hybridized carbons (Fsp3) is 0.250. The molecule has 0 fully saturated rings. The fourth-order valence-electron chi connectivity index (χ4n) is 2.02. The summed E-state index contributed by atoms with van der Waals surface area (Å²) in [5.74, 6) is -0.497. The van der Waals surface area contributed by atoms with Gasteiger partial charge in [-0.05, 0) is 49.2 Å². The van der Waals surface area contributed by atoms with Crippen LogP contribution in [-0.2, 0) is 0 Å². The molecule has 1 atom stereocenters. The predicted octanol–water partition coefficient (Wildman–Crippen LogP) is 4.45. The summed E-state index contributed by atoms with van der Waals surface area (Å²) in [6, 6.07) is 9.21. The number of hydrogen-bond donors (Lipinski definition) is 1. The Hall–Kier alpha value is -2.10. The molecule has 2 aromatic carbocycles. The molecule has 0 amide bonds. The van der Waals surface area contributed by atoms with E-state index in [2.05, 4.69) is 5.32 Å². The summed E-state index contributed by atoms with van der Waals surface area (Å²) in [6.07, 6.45) is 0. The Balaban J connectivity index is 2.21. The minimum atomic E-state index is -0.408. The molecule has 0 heterocycles. The third kappa shape index (κ3) is 3.07. The first-order valence-corrected chi connectivity index (χ1v) is 6.37. The zero-order valence-corrected chi connectivity index (χ0v) is 11.7. The fourth-order valence-corrected chi connectivity index (χ4v) is 2.02. The molecule has 20 heavy (non-hydrogen) atoms. The number of aryl methyl sites for hydroxylation is 1. The van der Waals surface area contributed by atoms with Crippen LogP contribution in [0.4, 0.5) is 14.5 Å². The van der Waals surface area contributed by atoms with Crippen LogP contribution in [0.3, 0.4) is 0 Å². The molecule has 0 bridgehead atoms. The standard InChI is InChI=1S/C16H17F2NO/c1-10-4-6-13(17)9-15(10)19-11(2)12-5-7-16(20-3)14(18)8-12/h4-9,11,19H,1-3H3. The summed E-state index contributed by atoms with van der Waals surface area (Å²) >= 11 is 0. The van der Waals surface area contributed by atoms with Gasteiger partial charge in [-0.15, -0.1) is 0 Å². The van der Waals surface area contributed by atoms with Gasteiger partial charge >= 0.3 is 0 Å². The summed E-state index contributed by atoms with van der Waals surface area (Å²) in [5, 5.41) is 3.18. The molecule has 1 unspecified atom stereocenters. The number of nitrogens with one attached hydrogen (secondary N) is 1. The normalized spacial score (nSPS) is 12.1. The highest BCUT2D eigenvalue weighted by molar-refractivity contribution is 5.52. The molecule has 2 rings (SSSR count). The Morgan fingerprint density at radius 3 is 2.50 bits per heavy atom. The van der Waals surface area contributed by atoms with Crippen LogP contribution in [0, 0.1) is 18.6 Å². The molecule has 0 spiro atoms. The summed E-state index contributed by atoms with van der Waals surface area (Å²) in [5.41, 5.74) is 2.41. The van der Waals surface area contributed by atoms with Crippen LogP contribution in [0.25, 0.3) is 0 Å². The molecule has 106 valence electrons. The highest BCUT2D eigenvalue weighted by Crippen LogP contribution is 2.26. The van der Waals surface area contributed by atoms with E-state index in [1.54, 1.807) is 18.2 Å². The lowest BCUT2D eigenvalue weighted by atomic mass is 10.1. The van der Waals surface area contributed by atoms with Crippen LogP contribution in [-0.4, -0.2) is 7.11 Å². The van der Waals surface area contributed by atoms with E-state index in [1.807, 2.05) is 13.8 Å². The Morgan fingerprint density at radius 2 is 1.85 bits per heavy atom. The van der Waals surface area contributed by atoms with Crippen LogP contribution in [0.15, 0.2) is 36.4 Å². The quantitative estimate of drug-likeness (QED) is 0.891. The number of benzene rings is 2. The van der Waals surface area contributed by atoms with Crippen LogP contribution in [0.5, 0.6) is 5.75 Å². The van der Waals surface area contributed by atoms with Gasteiger partial charge in [-0.3, -0.25) is 0 Å². The molecule has 1 N–H and O–H groups in total. The van der Waals surface area contributed by atoms with Crippen molar-refractivity contribution < 1.29 is 13.5 Å². The van der Waals surface area contributed by atoms with Crippen molar-refractivity contribution in [3.63, 3.8) is 0 Å². The summed E-state index contributed by atoms with van der Waals surface area (Å²) in [4.78, 5) is 0. The second-order valence-electron chi connectivity index (χ2n) is 4.72. The van der Waals surface area contributed by atoms with Crippen molar-refractivity contribution in [3.05, 3.63) is 59.2 Å². The van der Waals surface area contributed by atoms with Crippen LogP contribution in [0.1, 0.15) is 24.1 Å². The van der Waals surface area contributed by atoms with E-state index in [-0.39, 0.29) is 17.6 Å². The van der Waals surface area contributed by atoms with E-state index < -0.39 is 5.82 Å². The number of rotatable bonds is 4. The first-order chi connectivity index (χ1) is 9.51. The molecule has 0 saturated carbocycles. The maximum atomic E-state index is 13.7. The second-order valence-corrected chi connectivity index (χ2v) is 4.72. The smallest absolute Gasteiger partial charge is 0.165 e. The van der Waals surface area contributed by atoms with Gasteiger partial charge in [-0.25, -0.2) is 8.78 Å². The predicted molar refractivity (Wildman–Crippen MR) is 76.1 cm³/mol. The highest BCUT2D eigenvalue weighted by Gasteiger charge is 2.11. The average Bonchev–Trinajstić information content (AvgIpc) is 2.42. The zero-order chi connectivity index (χ0) is 14.7. The van der Waals surface area contributed by atoms with Gasteiger partial charge in [0.05, 0.1) is 7.11 Å². The van der Waals surface area contributed by atoms with Crippen molar-refractivity contribution in [3.8, 4) is 5.75 Å². The van der Waals surface area contributed by atoms with E-state index >= 15 is 0 Å². The third-order valence-electron chi connectivity index (χ3n) is 3.25. The molecule has 0 aromatic heterocycles. The van der Waals surface area contributed by atoms with Gasteiger partial charge in [0, 0.05) is 11.7 Å². The van der Waals surface area contributed by atoms with E-state index in [9.17, 15) is 8.78 Å². The number of methoxy groups -OCH3 is 1. The summed E-state index contributed by atoms with van der Waals surface area (Å²) in [6.45, 7) is 3.79. The van der Waals surface area contributed by atoms with Crippen molar-refractivity contribution in [2.45, 2.75) is 19.9 Å². The average molecular weight is 277 g/mol. The Labute approximate surface area is 117 Å². The van der Waals surface area contributed by atoms with Gasteiger partial charge in [-0.1, -0.05) is 12.1 Å². The highest BCUT2D eigenvalue weighted by atomic mass is 19.1. The molecule has 0 radical (unpaired) electrons. The van der Waals surface area contributed by atoms with Crippen molar-refractivity contribution >= 4 is 5.69 Å². The third-order valence-corrected chi connectivity index (χ3v) is 3.25. The lowest BCUT2D eigenvalue weighted by Crippen LogP contribution is -2.08. The lowest BCUT2D eigenvalue weighted by molar-refractivity contribution is 0.386. The number of ether oxygens (including phenoxy) is 1. The van der Waals surface area contributed by atoms with Crippen LogP contribution in [0.2, 0.25) is 0 Å². The van der Waals surface area contributed by atoms with Crippen molar-refractivity contribution in [2.24, 2.45) is 0 Å². The summed E-state index contributed by atoms with van der Waals surface area (Å²) < 4.78 is 31.8. The molecule has 2 nitrogen and oxygen atoms in total. The molecular formula is C16H17F2NO. The van der Waals surface area contributed by atoms with Crippen molar-refractivity contribution in [2.75, 3.05) is 12.4 Å². The largest absolute Gasteiger partial charge is 0.494 e. The van der Waals surface area contributed by atoms with Crippen LogP contribution < -0.4 is 10.1 Å². The number of anilines is 1.